The zero-order chi connectivity index (χ0) is 20.8. The van der Waals surface area contributed by atoms with Crippen molar-refractivity contribution < 1.29 is 19.4 Å². The number of para-hydroxylation sites is 1. The fourth-order valence-corrected chi connectivity index (χ4v) is 3.10. The molecule has 2 aromatic carbocycles. The molecule has 150 valence electrons. The Hall–Kier alpha value is -3.41. The van der Waals surface area contributed by atoms with Crippen molar-refractivity contribution in [2.75, 3.05) is 6.61 Å². The van der Waals surface area contributed by atoms with E-state index in [4.69, 9.17) is 4.74 Å². The molecule has 0 bridgehead atoms. The van der Waals surface area contributed by atoms with Gasteiger partial charge in [-0.2, -0.15) is 0 Å². The number of aromatic hydroxyl groups is 1. The summed E-state index contributed by atoms with van der Waals surface area (Å²) < 4.78 is 5.28. The summed E-state index contributed by atoms with van der Waals surface area (Å²) in [5, 5.41) is 13.0. The molecule has 3 rings (SSSR count). The van der Waals surface area contributed by atoms with Gasteiger partial charge in [-0.3, -0.25) is 4.79 Å². The number of carbonyl (C=O) groups is 2. The second-order valence-corrected chi connectivity index (χ2v) is 6.78. The Kier molecular flexibility index (Phi) is 6.44. The zero-order valence-corrected chi connectivity index (χ0v) is 16.5. The smallest absolute Gasteiger partial charge is 0.339 e. The molecule has 0 aliphatic carbocycles. The van der Waals surface area contributed by atoms with E-state index >= 15 is 0 Å². The molecule has 0 unspecified atom stereocenters. The van der Waals surface area contributed by atoms with Crippen molar-refractivity contribution in [1.29, 1.82) is 0 Å². The molecule has 1 heterocycles. The maximum Gasteiger partial charge on any atom is 0.339 e. The van der Waals surface area contributed by atoms with Crippen LogP contribution in [0.15, 0.2) is 54.6 Å². The molecule has 0 saturated heterocycles. The molecule has 0 aliphatic heterocycles. The van der Waals surface area contributed by atoms with Crippen LogP contribution < -0.4 is 5.32 Å². The number of hydrogen-bond donors (Lipinski definition) is 2. The summed E-state index contributed by atoms with van der Waals surface area (Å²) in [6.07, 6.45) is 1.64. The number of amides is 1. The first kappa shape index (κ1) is 20.3. The number of phenolic OH excluding ortho intramolecular Hbond substituents is 1. The van der Waals surface area contributed by atoms with Gasteiger partial charge in [-0.05, 0) is 49.2 Å². The molecule has 1 aromatic heterocycles. The molecular weight excluding hydrogens is 368 g/mol. The van der Waals surface area contributed by atoms with Crippen LogP contribution in [0.3, 0.4) is 0 Å². The van der Waals surface area contributed by atoms with Crippen molar-refractivity contribution in [3.63, 3.8) is 0 Å². The lowest BCUT2D eigenvalue weighted by molar-refractivity contribution is -0.125. The topological polar surface area (TPSA) is 88.5 Å². The summed E-state index contributed by atoms with van der Waals surface area (Å²) in [4.78, 5) is 29.4. The standard InChI is InChI=1S/C23H24N2O4/c1-3-16(4-2)24-22(27)14-29-23(28)19-13-21(15-9-11-17(26)12-10-15)25-20-8-6-5-7-18(19)20/h5-13,16,26H,3-4,14H2,1-2H3,(H,24,27). The molecule has 0 spiro atoms. The van der Waals surface area contributed by atoms with Crippen molar-refractivity contribution in [3.8, 4) is 17.0 Å². The first-order valence-corrected chi connectivity index (χ1v) is 9.67. The molecule has 6 nitrogen and oxygen atoms in total. The predicted molar refractivity (Wildman–Crippen MR) is 112 cm³/mol. The minimum atomic E-state index is -0.580. The second kappa shape index (κ2) is 9.19. The number of hydrogen-bond acceptors (Lipinski definition) is 5. The average Bonchev–Trinajstić information content (AvgIpc) is 2.75. The summed E-state index contributed by atoms with van der Waals surface area (Å²) in [7, 11) is 0. The SMILES string of the molecule is CCC(CC)NC(=O)COC(=O)c1cc(-c2ccc(O)cc2)nc2ccccc12. The van der Waals surface area contributed by atoms with Gasteiger partial charge < -0.3 is 15.2 Å². The number of nitrogens with one attached hydrogen (secondary N) is 1. The molecule has 6 heteroatoms. The van der Waals surface area contributed by atoms with E-state index in [2.05, 4.69) is 10.3 Å². The lowest BCUT2D eigenvalue weighted by Crippen LogP contribution is -2.36. The van der Waals surface area contributed by atoms with Gasteiger partial charge in [0, 0.05) is 17.0 Å². The second-order valence-electron chi connectivity index (χ2n) is 6.78. The first-order chi connectivity index (χ1) is 14.0. The molecule has 0 atom stereocenters. The van der Waals surface area contributed by atoms with Crippen LogP contribution in [-0.2, 0) is 9.53 Å². The Bertz CT molecular complexity index is 1010. The van der Waals surface area contributed by atoms with Crippen LogP contribution in [0.4, 0.5) is 0 Å². The van der Waals surface area contributed by atoms with Crippen LogP contribution in [0, 0.1) is 0 Å². The summed E-state index contributed by atoms with van der Waals surface area (Å²) in [6.45, 7) is 3.66. The van der Waals surface area contributed by atoms with E-state index < -0.39 is 5.97 Å². The Balaban J connectivity index is 1.86. The number of fused-ring (bicyclic) bond motifs is 1. The third-order valence-corrected chi connectivity index (χ3v) is 4.78. The lowest BCUT2D eigenvalue weighted by Gasteiger charge is -2.15. The van der Waals surface area contributed by atoms with Crippen LogP contribution in [0.2, 0.25) is 0 Å². The fraction of sp³-hybridized carbons (Fsp3) is 0.261. The van der Waals surface area contributed by atoms with Gasteiger partial charge in [0.05, 0.1) is 16.8 Å². The highest BCUT2D eigenvalue weighted by Crippen LogP contribution is 2.26. The number of pyridine rings is 1. The molecule has 0 radical (unpaired) electrons. The van der Waals surface area contributed by atoms with Crippen LogP contribution in [0.1, 0.15) is 37.0 Å². The lowest BCUT2D eigenvalue weighted by atomic mass is 10.0. The van der Waals surface area contributed by atoms with E-state index in [0.717, 1.165) is 18.4 Å². The highest BCUT2D eigenvalue weighted by Gasteiger charge is 2.17. The first-order valence-electron chi connectivity index (χ1n) is 9.67. The summed E-state index contributed by atoms with van der Waals surface area (Å²) in [5.41, 5.74) is 2.33. The van der Waals surface area contributed by atoms with Gasteiger partial charge >= 0.3 is 5.97 Å². The number of benzene rings is 2. The van der Waals surface area contributed by atoms with Crippen molar-refractivity contribution >= 4 is 22.8 Å². The van der Waals surface area contributed by atoms with Gasteiger partial charge in [-0.1, -0.05) is 32.0 Å². The van der Waals surface area contributed by atoms with Crippen molar-refractivity contribution in [3.05, 3.63) is 60.2 Å². The number of phenols is 1. The molecular formula is C23H24N2O4. The van der Waals surface area contributed by atoms with E-state index in [0.29, 0.717) is 22.2 Å². The molecule has 0 fully saturated rings. The maximum atomic E-state index is 12.8. The normalized spacial score (nSPS) is 10.9. The highest BCUT2D eigenvalue weighted by atomic mass is 16.5. The third kappa shape index (κ3) is 4.90. The van der Waals surface area contributed by atoms with Gasteiger partial charge in [-0.25, -0.2) is 9.78 Å². The van der Waals surface area contributed by atoms with E-state index in [1.165, 1.54) is 0 Å². The van der Waals surface area contributed by atoms with Gasteiger partial charge in [0.15, 0.2) is 6.61 Å². The minimum absolute atomic E-state index is 0.0732. The number of ether oxygens (including phenoxy) is 1. The van der Waals surface area contributed by atoms with Gasteiger partial charge in [0.2, 0.25) is 0 Å². The minimum Gasteiger partial charge on any atom is -0.508 e. The summed E-state index contributed by atoms with van der Waals surface area (Å²) in [6, 6.07) is 15.6. The van der Waals surface area contributed by atoms with Crippen LogP contribution in [-0.4, -0.2) is 34.6 Å². The number of nitrogens with zero attached hydrogens (tertiary/aromatic N) is 1. The number of rotatable bonds is 7. The monoisotopic (exact) mass is 392 g/mol. The van der Waals surface area contributed by atoms with E-state index in [9.17, 15) is 14.7 Å². The molecule has 3 aromatic rings. The highest BCUT2D eigenvalue weighted by molar-refractivity contribution is 6.05. The van der Waals surface area contributed by atoms with E-state index in [1.807, 2.05) is 32.0 Å². The predicted octanol–water partition coefficient (Wildman–Crippen LogP) is 4.07. The van der Waals surface area contributed by atoms with Gasteiger partial charge in [-0.15, -0.1) is 0 Å². The molecule has 2 N–H and O–H groups in total. The Morgan fingerprint density at radius 1 is 1.07 bits per heavy atom. The number of aromatic nitrogens is 1. The third-order valence-electron chi connectivity index (χ3n) is 4.78. The number of esters is 1. The molecule has 1 amide bonds. The quantitative estimate of drug-likeness (QED) is 0.592. The molecule has 29 heavy (non-hydrogen) atoms. The van der Waals surface area contributed by atoms with E-state index in [-0.39, 0.29) is 24.3 Å². The number of carbonyl (C=O) groups excluding carboxylic acids is 2. The Morgan fingerprint density at radius 2 is 1.76 bits per heavy atom. The Labute approximate surface area is 169 Å². The van der Waals surface area contributed by atoms with Crippen molar-refractivity contribution in [2.24, 2.45) is 0 Å². The fourth-order valence-electron chi connectivity index (χ4n) is 3.10. The largest absolute Gasteiger partial charge is 0.508 e. The van der Waals surface area contributed by atoms with Crippen LogP contribution in [0.25, 0.3) is 22.2 Å². The zero-order valence-electron chi connectivity index (χ0n) is 16.5. The maximum absolute atomic E-state index is 12.8. The molecule has 0 aliphatic rings. The molecule has 0 saturated carbocycles. The summed E-state index contributed by atoms with van der Waals surface area (Å²) >= 11 is 0. The average molecular weight is 392 g/mol. The van der Waals surface area contributed by atoms with Crippen molar-refractivity contribution in [2.45, 2.75) is 32.7 Å². The van der Waals surface area contributed by atoms with Gasteiger partial charge in [0.1, 0.15) is 5.75 Å². The van der Waals surface area contributed by atoms with E-state index in [1.54, 1.807) is 36.4 Å². The van der Waals surface area contributed by atoms with Crippen LogP contribution in [0.5, 0.6) is 5.75 Å². The Morgan fingerprint density at radius 3 is 2.45 bits per heavy atom. The van der Waals surface area contributed by atoms with Crippen LogP contribution >= 0.6 is 0 Å². The summed E-state index contributed by atoms with van der Waals surface area (Å²) in [5.74, 6) is -0.745. The van der Waals surface area contributed by atoms with Crippen molar-refractivity contribution in [1.82, 2.24) is 10.3 Å². The van der Waals surface area contributed by atoms with Gasteiger partial charge in [0.25, 0.3) is 5.91 Å².